The number of aromatic nitrogens is 1. The lowest BCUT2D eigenvalue weighted by Gasteiger charge is -2.23. The molecular weight excluding hydrogens is 428 g/mol. The lowest BCUT2D eigenvalue weighted by Crippen LogP contribution is -2.29. The van der Waals surface area contributed by atoms with E-state index in [1.807, 2.05) is 60.7 Å². The fourth-order valence-electron chi connectivity index (χ4n) is 4.41. The molecule has 0 spiro atoms. The fourth-order valence-corrected chi connectivity index (χ4v) is 4.41. The van der Waals surface area contributed by atoms with Crippen LogP contribution in [0.25, 0.3) is 16.5 Å². The van der Waals surface area contributed by atoms with Gasteiger partial charge in [-0.05, 0) is 40.8 Å². The molecule has 34 heavy (non-hydrogen) atoms. The number of anilines is 1. The van der Waals surface area contributed by atoms with Gasteiger partial charge in [-0.2, -0.15) is 0 Å². The molecule has 1 saturated heterocycles. The average molecular weight is 453 g/mol. The number of aryl methyl sites for hydroxylation is 1. The van der Waals surface area contributed by atoms with Crippen LogP contribution in [0.3, 0.4) is 0 Å². The van der Waals surface area contributed by atoms with Gasteiger partial charge in [-0.25, -0.2) is 0 Å². The topological polar surface area (TPSA) is 83.6 Å². The smallest absolute Gasteiger partial charge is 0.301 e. The van der Waals surface area contributed by atoms with Crippen molar-refractivity contribution in [1.82, 2.24) is 5.16 Å². The summed E-state index contributed by atoms with van der Waals surface area (Å²) in [4.78, 5) is 27.7. The van der Waals surface area contributed by atoms with Crippen LogP contribution in [0, 0.1) is 6.92 Å². The molecule has 1 N–H and O–H groups in total. The lowest BCUT2D eigenvalue weighted by molar-refractivity contribution is -0.132. The number of ketones is 1. The van der Waals surface area contributed by atoms with Gasteiger partial charge >= 0.3 is 5.91 Å². The SMILES string of the molecule is Cc1cc(N2C(=O)C(=O)C(=C(O)c3ccc4ccccc4c3)[C@@H]2c2ccc(C(C)C)cc2)no1. The molecule has 6 heteroatoms. The summed E-state index contributed by atoms with van der Waals surface area (Å²) < 4.78 is 5.19. The Bertz CT molecular complexity index is 1450. The Labute approximate surface area is 197 Å². The Balaban J connectivity index is 1.70. The third-order valence-electron chi connectivity index (χ3n) is 6.25. The van der Waals surface area contributed by atoms with Gasteiger partial charge in [0, 0.05) is 11.6 Å². The average Bonchev–Trinajstić information content (AvgIpc) is 3.38. The van der Waals surface area contributed by atoms with Crippen molar-refractivity contribution in [3.05, 3.63) is 101 Å². The van der Waals surface area contributed by atoms with E-state index >= 15 is 0 Å². The third-order valence-corrected chi connectivity index (χ3v) is 6.25. The monoisotopic (exact) mass is 452 g/mol. The zero-order valence-electron chi connectivity index (χ0n) is 19.1. The normalized spacial score (nSPS) is 17.8. The quantitative estimate of drug-likeness (QED) is 0.237. The molecule has 1 aliphatic heterocycles. The molecule has 1 atom stereocenters. The largest absolute Gasteiger partial charge is 0.507 e. The first-order chi connectivity index (χ1) is 16.3. The second-order valence-corrected chi connectivity index (χ2v) is 8.85. The molecule has 1 aromatic heterocycles. The molecule has 170 valence electrons. The molecule has 2 heterocycles. The number of carbonyl (C=O) groups is 2. The summed E-state index contributed by atoms with van der Waals surface area (Å²) in [6.07, 6.45) is 0. The van der Waals surface area contributed by atoms with Crippen LogP contribution in [0.1, 0.15) is 48.3 Å². The summed E-state index contributed by atoms with van der Waals surface area (Å²) in [6, 6.07) is 21.7. The number of rotatable bonds is 4. The molecule has 1 fully saturated rings. The fraction of sp³-hybridized carbons (Fsp3) is 0.179. The first kappa shape index (κ1) is 21.6. The number of aliphatic hydroxyl groups excluding tert-OH is 1. The predicted molar refractivity (Wildman–Crippen MR) is 131 cm³/mol. The van der Waals surface area contributed by atoms with Gasteiger partial charge in [-0.1, -0.05) is 79.7 Å². The number of hydrogen-bond donors (Lipinski definition) is 1. The number of benzene rings is 3. The van der Waals surface area contributed by atoms with Gasteiger partial charge in [0.05, 0.1) is 11.6 Å². The van der Waals surface area contributed by atoms with Crippen LogP contribution in [-0.2, 0) is 9.59 Å². The summed E-state index contributed by atoms with van der Waals surface area (Å²) >= 11 is 0. The van der Waals surface area contributed by atoms with E-state index in [1.165, 1.54) is 4.90 Å². The zero-order valence-corrected chi connectivity index (χ0v) is 19.1. The molecule has 3 aromatic carbocycles. The molecule has 0 unspecified atom stereocenters. The van der Waals surface area contributed by atoms with Crippen molar-refractivity contribution >= 4 is 34.0 Å². The minimum Gasteiger partial charge on any atom is -0.507 e. The van der Waals surface area contributed by atoms with Gasteiger partial charge in [0.2, 0.25) is 0 Å². The summed E-state index contributed by atoms with van der Waals surface area (Å²) in [6.45, 7) is 5.91. The number of amides is 1. The molecule has 5 rings (SSSR count). The number of fused-ring (bicyclic) bond motifs is 1. The van der Waals surface area contributed by atoms with Gasteiger partial charge in [0.15, 0.2) is 5.82 Å². The molecule has 6 nitrogen and oxygen atoms in total. The van der Waals surface area contributed by atoms with Crippen molar-refractivity contribution in [1.29, 1.82) is 0 Å². The maximum atomic E-state index is 13.3. The van der Waals surface area contributed by atoms with E-state index in [0.29, 0.717) is 22.8 Å². The van der Waals surface area contributed by atoms with Crippen molar-refractivity contribution < 1.29 is 19.2 Å². The van der Waals surface area contributed by atoms with Crippen molar-refractivity contribution in [2.75, 3.05) is 4.90 Å². The third kappa shape index (κ3) is 3.57. The molecule has 0 radical (unpaired) electrons. The minimum absolute atomic E-state index is 0.0261. The summed E-state index contributed by atoms with van der Waals surface area (Å²) in [5.41, 5.74) is 2.33. The molecule has 0 bridgehead atoms. The Hall–Kier alpha value is -4.19. The van der Waals surface area contributed by atoms with Crippen LogP contribution in [0.2, 0.25) is 0 Å². The van der Waals surface area contributed by atoms with Gasteiger partial charge in [-0.15, -0.1) is 0 Å². The number of carbonyl (C=O) groups excluding carboxylic acids is 2. The van der Waals surface area contributed by atoms with Crippen LogP contribution < -0.4 is 4.90 Å². The molecule has 4 aromatic rings. The van der Waals surface area contributed by atoms with E-state index in [-0.39, 0.29) is 17.2 Å². The first-order valence-corrected chi connectivity index (χ1v) is 11.2. The van der Waals surface area contributed by atoms with E-state index in [9.17, 15) is 14.7 Å². The molecule has 0 aliphatic carbocycles. The highest BCUT2D eigenvalue weighted by atomic mass is 16.5. The second kappa shape index (κ2) is 8.30. The minimum atomic E-state index is -0.836. The van der Waals surface area contributed by atoms with E-state index in [0.717, 1.165) is 16.3 Å². The Morgan fingerprint density at radius 3 is 2.32 bits per heavy atom. The Morgan fingerprint density at radius 1 is 0.971 bits per heavy atom. The Morgan fingerprint density at radius 2 is 1.68 bits per heavy atom. The van der Waals surface area contributed by atoms with E-state index < -0.39 is 17.7 Å². The zero-order chi connectivity index (χ0) is 24.0. The summed E-state index contributed by atoms with van der Waals surface area (Å²) in [7, 11) is 0. The first-order valence-electron chi connectivity index (χ1n) is 11.2. The van der Waals surface area contributed by atoms with Crippen LogP contribution >= 0.6 is 0 Å². The van der Waals surface area contributed by atoms with Gasteiger partial charge < -0.3 is 9.63 Å². The summed E-state index contributed by atoms with van der Waals surface area (Å²) in [5.74, 6) is -0.658. The summed E-state index contributed by atoms with van der Waals surface area (Å²) in [5, 5.41) is 17.3. The van der Waals surface area contributed by atoms with Crippen LogP contribution in [0.15, 0.2) is 82.9 Å². The van der Waals surface area contributed by atoms with Crippen molar-refractivity contribution in [2.24, 2.45) is 0 Å². The van der Waals surface area contributed by atoms with Gasteiger partial charge in [0.25, 0.3) is 5.78 Å². The predicted octanol–water partition coefficient (Wildman–Crippen LogP) is 5.89. The number of hydrogen-bond acceptors (Lipinski definition) is 5. The van der Waals surface area contributed by atoms with Crippen molar-refractivity contribution in [2.45, 2.75) is 32.7 Å². The van der Waals surface area contributed by atoms with E-state index in [4.69, 9.17) is 4.52 Å². The highest BCUT2D eigenvalue weighted by molar-refractivity contribution is 6.51. The van der Waals surface area contributed by atoms with Gasteiger partial charge in [-0.3, -0.25) is 14.5 Å². The maximum absolute atomic E-state index is 13.3. The van der Waals surface area contributed by atoms with E-state index in [2.05, 4.69) is 19.0 Å². The lowest BCUT2D eigenvalue weighted by atomic mass is 9.93. The van der Waals surface area contributed by atoms with Gasteiger partial charge in [0.1, 0.15) is 11.5 Å². The number of nitrogens with zero attached hydrogens (tertiary/aromatic N) is 2. The highest BCUT2D eigenvalue weighted by Gasteiger charge is 2.48. The standard InChI is InChI=1S/C28H24N2O4/c1-16(2)18-8-11-20(12-9-18)25-24(27(32)28(33)30(25)23-14-17(3)34-29-23)26(31)22-13-10-19-6-4-5-7-21(19)15-22/h4-16,25,31H,1-3H3/t25-/m0/s1. The number of aliphatic hydroxyl groups is 1. The molecule has 1 aliphatic rings. The van der Waals surface area contributed by atoms with Crippen LogP contribution in [0.5, 0.6) is 0 Å². The molecule has 0 saturated carbocycles. The highest BCUT2D eigenvalue weighted by Crippen LogP contribution is 2.42. The molecular formula is C28H24N2O4. The number of Topliss-reactive ketones (excluding diaryl/α,β-unsaturated/α-hetero) is 1. The van der Waals surface area contributed by atoms with Crippen molar-refractivity contribution in [3.8, 4) is 0 Å². The Kier molecular flexibility index (Phi) is 5.28. The van der Waals surface area contributed by atoms with E-state index in [1.54, 1.807) is 19.1 Å². The molecule has 1 amide bonds. The van der Waals surface area contributed by atoms with Crippen LogP contribution in [0.4, 0.5) is 5.82 Å². The van der Waals surface area contributed by atoms with Crippen molar-refractivity contribution in [3.63, 3.8) is 0 Å². The maximum Gasteiger partial charge on any atom is 0.301 e. The second-order valence-electron chi connectivity index (χ2n) is 8.85. The van der Waals surface area contributed by atoms with Crippen LogP contribution in [-0.4, -0.2) is 22.0 Å².